The smallest absolute Gasteiger partial charge is 0.0411 e. The molecule has 3 nitrogen and oxygen atoms in total. The SMILES string of the molecule is CCC(N)Cc1ccc(Br)cc1N1CC(C)N(C)C(C)C1. The highest BCUT2D eigenvalue weighted by molar-refractivity contribution is 9.10. The van der Waals surface area contributed by atoms with E-state index in [2.05, 4.69) is 71.7 Å². The quantitative estimate of drug-likeness (QED) is 0.901. The van der Waals surface area contributed by atoms with Gasteiger partial charge in [-0.05, 0) is 51.4 Å². The Balaban J connectivity index is 2.27. The Morgan fingerprint density at radius 2 is 1.90 bits per heavy atom. The molecule has 2 N–H and O–H groups in total. The Morgan fingerprint density at radius 3 is 2.48 bits per heavy atom. The second kappa shape index (κ2) is 7.12. The maximum atomic E-state index is 6.18. The first kappa shape index (κ1) is 16.8. The van der Waals surface area contributed by atoms with E-state index in [1.54, 1.807) is 0 Å². The van der Waals surface area contributed by atoms with Crippen LogP contribution in [0.2, 0.25) is 0 Å². The molecule has 2 rings (SSSR count). The number of nitrogens with two attached hydrogens (primary N) is 1. The lowest BCUT2D eigenvalue weighted by Crippen LogP contribution is -2.55. The van der Waals surface area contributed by atoms with Crippen molar-refractivity contribution in [2.75, 3.05) is 25.0 Å². The predicted molar refractivity (Wildman–Crippen MR) is 95.0 cm³/mol. The van der Waals surface area contributed by atoms with Crippen molar-refractivity contribution < 1.29 is 0 Å². The normalized spacial score (nSPS) is 25.1. The van der Waals surface area contributed by atoms with Crippen LogP contribution in [0.3, 0.4) is 0 Å². The third-order valence-electron chi connectivity index (χ3n) is 4.75. The van der Waals surface area contributed by atoms with Crippen molar-refractivity contribution >= 4 is 21.6 Å². The summed E-state index contributed by atoms with van der Waals surface area (Å²) in [7, 11) is 2.22. The molecule has 0 bridgehead atoms. The number of piperazine rings is 1. The summed E-state index contributed by atoms with van der Waals surface area (Å²) in [4.78, 5) is 4.99. The number of benzene rings is 1. The molecule has 0 spiro atoms. The van der Waals surface area contributed by atoms with E-state index in [-0.39, 0.29) is 6.04 Å². The van der Waals surface area contributed by atoms with Crippen LogP contribution in [0.5, 0.6) is 0 Å². The van der Waals surface area contributed by atoms with Crippen LogP contribution in [-0.4, -0.2) is 43.2 Å². The molecule has 1 fully saturated rings. The molecule has 1 aliphatic heterocycles. The lowest BCUT2D eigenvalue weighted by molar-refractivity contribution is 0.170. The van der Waals surface area contributed by atoms with Gasteiger partial charge in [0.2, 0.25) is 0 Å². The second-order valence-electron chi connectivity index (χ2n) is 6.41. The lowest BCUT2D eigenvalue weighted by Gasteiger charge is -2.44. The summed E-state index contributed by atoms with van der Waals surface area (Å²) in [5.74, 6) is 0. The largest absolute Gasteiger partial charge is 0.368 e. The molecule has 1 aromatic rings. The van der Waals surface area contributed by atoms with Crippen molar-refractivity contribution in [3.8, 4) is 0 Å². The number of likely N-dealkylation sites (N-methyl/N-ethyl adjacent to an activating group) is 1. The summed E-state index contributed by atoms with van der Waals surface area (Å²) in [5.41, 5.74) is 8.90. The molecule has 1 saturated heterocycles. The summed E-state index contributed by atoms with van der Waals surface area (Å²) in [6.45, 7) is 8.91. The molecule has 21 heavy (non-hydrogen) atoms. The van der Waals surface area contributed by atoms with Crippen molar-refractivity contribution in [3.63, 3.8) is 0 Å². The summed E-state index contributed by atoms with van der Waals surface area (Å²) in [6, 6.07) is 7.99. The molecular formula is C17H28BrN3. The third-order valence-corrected chi connectivity index (χ3v) is 5.25. The number of halogens is 1. The number of hydrogen-bond donors (Lipinski definition) is 1. The zero-order valence-corrected chi connectivity index (χ0v) is 15.2. The van der Waals surface area contributed by atoms with E-state index in [1.807, 2.05) is 0 Å². The van der Waals surface area contributed by atoms with E-state index in [9.17, 15) is 0 Å². The van der Waals surface area contributed by atoms with Crippen LogP contribution in [-0.2, 0) is 6.42 Å². The van der Waals surface area contributed by atoms with Gasteiger partial charge in [0.1, 0.15) is 0 Å². The van der Waals surface area contributed by atoms with Gasteiger partial charge in [-0.3, -0.25) is 4.90 Å². The van der Waals surface area contributed by atoms with Gasteiger partial charge in [0, 0.05) is 41.4 Å². The van der Waals surface area contributed by atoms with E-state index in [1.165, 1.54) is 11.3 Å². The molecule has 3 atom stereocenters. The van der Waals surface area contributed by atoms with Gasteiger partial charge in [0.05, 0.1) is 0 Å². The van der Waals surface area contributed by atoms with E-state index in [4.69, 9.17) is 5.73 Å². The van der Waals surface area contributed by atoms with Gasteiger partial charge in [-0.15, -0.1) is 0 Å². The molecule has 0 aromatic heterocycles. The van der Waals surface area contributed by atoms with Crippen LogP contribution >= 0.6 is 15.9 Å². The van der Waals surface area contributed by atoms with Gasteiger partial charge in [-0.2, -0.15) is 0 Å². The molecule has 118 valence electrons. The van der Waals surface area contributed by atoms with Gasteiger partial charge < -0.3 is 10.6 Å². The molecular weight excluding hydrogens is 326 g/mol. The average molecular weight is 354 g/mol. The zero-order chi connectivity index (χ0) is 15.6. The first-order valence-corrected chi connectivity index (χ1v) is 8.72. The molecule has 0 radical (unpaired) electrons. The summed E-state index contributed by atoms with van der Waals surface area (Å²) in [5, 5.41) is 0. The monoisotopic (exact) mass is 353 g/mol. The minimum absolute atomic E-state index is 0.243. The topological polar surface area (TPSA) is 32.5 Å². The number of rotatable bonds is 4. The van der Waals surface area contributed by atoms with Crippen molar-refractivity contribution in [3.05, 3.63) is 28.2 Å². The first-order valence-electron chi connectivity index (χ1n) is 7.93. The van der Waals surface area contributed by atoms with Crippen LogP contribution in [0.25, 0.3) is 0 Å². The van der Waals surface area contributed by atoms with Crippen molar-refractivity contribution in [2.24, 2.45) is 5.73 Å². The van der Waals surface area contributed by atoms with E-state index >= 15 is 0 Å². The standard InChI is InChI=1S/C17H28BrN3/c1-5-16(19)8-14-6-7-15(18)9-17(14)21-10-12(2)20(4)13(3)11-21/h6-7,9,12-13,16H,5,8,10-11,19H2,1-4H3. The van der Waals surface area contributed by atoms with E-state index in [0.717, 1.165) is 30.4 Å². The van der Waals surface area contributed by atoms with Crippen LogP contribution in [0.15, 0.2) is 22.7 Å². The van der Waals surface area contributed by atoms with Gasteiger partial charge >= 0.3 is 0 Å². The molecule has 1 aromatic carbocycles. The van der Waals surface area contributed by atoms with Crippen molar-refractivity contribution in [1.82, 2.24) is 4.90 Å². The fourth-order valence-corrected chi connectivity index (χ4v) is 3.38. The molecule has 0 amide bonds. The Hall–Kier alpha value is -0.580. The van der Waals surface area contributed by atoms with Gasteiger partial charge in [0.15, 0.2) is 0 Å². The number of nitrogens with zero attached hydrogens (tertiary/aromatic N) is 2. The fraction of sp³-hybridized carbons (Fsp3) is 0.647. The molecule has 1 heterocycles. The van der Waals surface area contributed by atoms with E-state index in [0.29, 0.717) is 12.1 Å². The van der Waals surface area contributed by atoms with Gasteiger partial charge in [-0.25, -0.2) is 0 Å². The van der Waals surface area contributed by atoms with Crippen LogP contribution in [0.1, 0.15) is 32.8 Å². The number of anilines is 1. The Kier molecular flexibility index (Phi) is 5.69. The molecule has 3 unspecified atom stereocenters. The highest BCUT2D eigenvalue weighted by atomic mass is 79.9. The molecule has 0 aliphatic carbocycles. The predicted octanol–water partition coefficient (Wildman–Crippen LogP) is 3.26. The Morgan fingerprint density at radius 1 is 1.29 bits per heavy atom. The highest BCUT2D eigenvalue weighted by Crippen LogP contribution is 2.29. The maximum Gasteiger partial charge on any atom is 0.0411 e. The third kappa shape index (κ3) is 3.99. The lowest BCUT2D eigenvalue weighted by atomic mass is 10.0. The van der Waals surface area contributed by atoms with Crippen molar-refractivity contribution in [2.45, 2.75) is 51.7 Å². The maximum absolute atomic E-state index is 6.18. The molecule has 0 saturated carbocycles. The molecule has 1 aliphatic rings. The zero-order valence-electron chi connectivity index (χ0n) is 13.6. The van der Waals surface area contributed by atoms with Crippen LogP contribution < -0.4 is 10.6 Å². The Bertz CT molecular complexity index is 465. The first-order chi connectivity index (χ1) is 9.92. The highest BCUT2D eigenvalue weighted by Gasteiger charge is 2.27. The minimum atomic E-state index is 0.243. The summed E-state index contributed by atoms with van der Waals surface area (Å²) >= 11 is 3.62. The fourth-order valence-electron chi connectivity index (χ4n) is 3.03. The summed E-state index contributed by atoms with van der Waals surface area (Å²) < 4.78 is 1.14. The average Bonchev–Trinajstić information content (AvgIpc) is 2.45. The second-order valence-corrected chi connectivity index (χ2v) is 7.33. The van der Waals surface area contributed by atoms with Gasteiger partial charge in [0.25, 0.3) is 0 Å². The van der Waals surface area contributed by atoms with Crippen LogP contribution in [0.4, 0.5) is 5.69 Å². The van der Waals surface area contributed by atoms with Gasteiger partial charge in [-0.1, -0.05) is 28.9 Å². The van der Waals surface area contributed by atoms with Crippen LogP contribution in [0, 0.1) is 0 Å². The number of hydrogen-bond acceptors (Lipinski definition) is 3. The van der Waals surface area contributed by atoms with Crippen molar-refractivity contribution in [1.29, 1.82) is 0 Å². The summed E-state index contributed by atoms with van der Waals surface area (Å²) in [6.07, 6.45) is 1.97. The Labute approximate surface area is 137 Å². The van der Waals surface area contributed by atoms with E-state index < -0.39 is 0 Å². The minimum Gasteiger partial charge on any atom is -0.368 e. The molecule has 4 heteroatoms.